The number of hydrogen-bond acceptors (Lipinski definition) is 5. The molecule has 0 radical (unpaired) electrons. The van der Waals surface area contributed by atoms with E-state index in [1.807, 2.05) is 85.8 Å². The lowest BCUT2D eigenvalue weighted by molar-refractivity contribution is -0.121. The molecule has 32 heavy (non-hydrogen) atoms. The van der Waals surface area contributed by atoms with E-state index in [4.69, 9.17) is 9.15 Å². The predicted octanol–water partition coefficient (Wildman–Crippen LogP) is 4.87. The zero-order valence-corrected chi connectivity index (χ0v) is 18.0. The molecule has 0 spiro atoms. The molecule has 0 aliphatic heterocycles. The second-order valence-corrected chi connectivity index (χ2v) is 7.56. The first-order valence-corrected chi connectivity index (χ1v) is 10.6. The Hall–Kier alpha value is -3.93. The van der Waals surface area contributed by atoms with E-state index in [-0.39, 0.29) is 12.3 Å². The molecule has 4 rings (SSSR count). The Bertz CT molecular complexity index is 1140. The SMILES string of the molecule is Cc1ccc(-c2nnc(CCC(=O)NCc3ccc(OCc4ccccc4)cc3)o2)cc1. The van der Waals surface area contributed by atoms with Gasteiger partial charge in [0.1, 0.15) is 12.4 Å². The van der Waals surface area contributed by atoms with E-state index < -0.39 is 0 Å². The topological polar surface area (TPSA) is 77.2 Å². The van der Waals surface area contributed by atoms with Gasteiger partial charge in [-0.25, -0.2) is 0 Å². The van der Waals surface area contributed by atoms with E-state index in [9.17, 15) is 4.79 Å². The van der Waals surface area contributed by atoms with Crippen LogP contribution in [-0.4, -0.2) is 16.1 Å². The standard InChI is InChI=1S/C26H25N3O3/c1-19-7-11-22(12-8-19)26-29-28-25(32-26)16-15-24(30)27-17-20-9-13-23(14-10-20)31-18-21-5-3-2-4-6-21/h2-14H,15-18H2,1H3,(H,27,30). The van der Waals surface area contributed by atoms with Crippen molar-refractivity contribution in [1.82, 2.24) is 15.5 Å². The van der Waals surface area contributed by atoms with Gasteiger partial charge in [-0.1, -0.05) is 60.2 Å². The van der Waals surface area contributed by atoms with Crippen LogP contribution in [0.2, 0.25) is 0 Å². The molecular weight excluding hydrogens is 402 g/mol. The molecule has 0 saturated carbocycles. The zero-order valence-electron chi connectivity index (χ0n) is 18.0. The lowest BCUT2D eigenvalue weighted by Crippen LogP contribution is -2.23. The van der Waals surface area contributed by atoms with Crippen LogP contribution in [0, 0.1) is 6.92 Å². The third-order valence-electron chi connectivity index (χ3n) is 4.99. The van der Waals surface area contributed by atoms with E-state index in [1.165, 1.54) is 5.56 Å². The molecule has 0 unspecified atom stereocenters. The molecule has 6 heteroatoms. The molecule has 1 heterocycles. The van der Waals surface area contributed by atoms with Gasteiger partial charge in [-0.2, -0.15) is 0 Å². The number of hydrogen-bond donors (Lipinski definition) is 1. The van der Waals surface area contributed by atoms with Gasteiger partial charge in [0, 0.05) is 24.9 Å². The van der Waals surface area contributed by atoms with Crippen molar-refractivity contribution in [3.8, 4) is 17.2 Å². The molecule has 0 aliphatic carbocycles. The Kier molecular flexibility index (Phi) is 6.92. The molecule has 6 nitrogen and oxygen atoms in total. The van der Waals surface area contributed by atoms with Crippen LogP contribution in [-0.2, 0) is 24.4 Å². The summed E-state index contributed by atoms with van der Waals surface area (Å²) in [5.41, 5.74) is 4.16. The molecule has 0 fully saturated rings. The Balaban J connectivity index is 1.20. The minimum absolute atomic E-state index is 0.0653. The highest BCUT2D eigenvalue weighted by molar-refractivity contribution is 5.76. The minimum Gasteiger partial charge on any atom is -0.489 e. The highest BCUT2D eigenvalue weighted by Crippen LogP contribution is 2.19. The summed E-state index contributed by atoms with van der Waals surface area (Å²) in [6.45, 7) is 3.00. The van der Waals surface area contributed by atoms with Gasteiger partial charge >= 0.3 is 0 Å². The molecule has 4 aromatic rings. The summed E-state index contributed by atoms with van der Waals surface area (Å²) < 4.78 is 11.5. The van der Waals surface area contributed by atoms with Gasteiger partial charge < -0.3 is 14.5 Å². The molecule has 0 saturated heterocycles. The molecule has 1 N–H and O–H groups in total. The van der Waals surface area contributed by atoms with Gasteiger partial charge in [0.2, 0.25) is 17.7 Å². The molecule has 1 aromatic heterocycles. The summed E-state index contributed by atoms with van der Waals surface area (Å²) in [5.74, 6) is 1.65. The summed E-state index contributed by atoms with van der Waals surface area (Å²) in [7, 11) is 0. The quantitative estimate of drug-likeness (QED) is 0.412. The largest absolute Gasteiger partial charge is 0.489 e. The predicted molar refractivity (Wildman–Crippen MR) is 122 cm³/mol. The van der Waals surface area contributed by atoms with Crippen LogP contribution in [0.1, 0.15) is 29.0 Å². The Morgan fingerprint density at radius 1 is 0.906 bits per heavy atom. The van der Waals surface area contributed by atoms with Crippen LogP contribution in [0.15, 0.2) is 83.3 Å². The first-order chi connectivity index (χ1) is 15.7. The summed E-state index contributed by atoms with van der Waals surface area (Å²) in [6.07, 6.45) is 0.685. The highest BCUT2D eigenvalue weighted by Gasteiger charge is 2.10. The van der Waals surface area contributed by atoms with Crippen molar-refractivity contribution in [2.45, 2.75) is 32.9 Å². The smallest absolute Gasteiger partial charge is 0.247 e. The number of ether oxygens (including phenoxy) is 1. The molecular formula is C26H25N3O3. The number of amides is 1. The number of aryl methyl sites for hydroxylation is 2. The number of benzene rings is 3. The van der Waals surface area contributed by atoms with E-state index in [0.29, 0.717) is 31.4 Å². The second kappa shape index (κ2) is 10.4. The third kappa shape index (κ3) is 6.04. The Morgan fingerprint density at radius 3 is 2.41 bits per heavy atom. The van der Waals surface area contributed by atoms with Crippen molar-refractivity contribution in [3.05, 3.63) is 101 Å². The normalized spacial score (nSPS) is 10.7. The molecule has 0 aliphatic rings. The summed E-state index contributed by atoms with van der Waals surface area (Å²) >= 11 is 0. The number of carbonyl (C=O) groups excluding carboxylic acids is 1. The van der Waals surface area contributed by atoms with Crippen molar-refractivity contribution in [1.29, 1.82) is 0 Å². The number of nitrogens with one attached hydrogen (secondary N) is 1. The van der Waals surface area contributed by atoms with Gasteiger partial charge in [-0.05, 0) is 42.3 Å². The van der Waals surface area contributed by atoms with E-state index >= 15 is 0 Å². The molecule has 3 aromatic carbocycles. The average Bonchev–Trinajstić information content (AvgIpc) is 3.31. The van der Waals surface area contributed by atoms with Gasteiger partial charge in [0.05, 0.1) is 0 Å². The monoisotopic (exact) mass is 427 g/mol. The summed E-state index contributed by atoms with van der Waals surface area (Å²) in [4.78, 5) is 12.2. The molecule has 1 amide bonds. The van der Waals surface area contributed by atoms with Gasteiger partial charge in [0.15, 0.2) is 0 Å². The Labute approximate surface area is 187 Å². The van der Waals surface area contributed by atoms with Crippen molar-refractivity contribution in [2.75, 3.05) is 0 Å². The van der Waals surface area contributed by atoms with Crippen LogP contribution >= 0.6 is 0 Å². The lowest BCUT2D eigenvalue weighted by Gasteiger charge is -2.08. The fourth-order valence-corrected chi connectivity index (χ4v) is 3.12. The fourth-order valence-electron chi connectivity index (χ4n) is 3.12. The molecule has 162 valence electrons. The molecule has 0 bridgehead atoms. The number of carbonyl (C=O) groups is 1. The van der Waals surface area contributed by atoms with Crippen LogP contribution < -0.4 is 10.1 Å². The fraction of sp³-hybridized carbons (Fsp3) is 0.192. The molecule has 0 atom stereocenters. The Morgan fingerprint density at radius 2 is 1.66 bits per heavy atom. The van der Waals surface area contributed by atoms with Crippen LogP contribution in [0.4, 0.5) is 0 Å². The average molecular weight is 428 g/mol. The van der Waals surface area contributed by atoms with Gasteiger partial charge in [0.25, 0.3) is 0 Å². The third-order valence-corrected chi connectivity index (χ3v) is 4.99. The van der Waals surface area contributed by atoms with Crippen molar-refractivity contribution in [2.24, 2.45) is 0 Å². The number of nitrogens with zero attached hydrogens (tertiary/aromatic N) is 2. The van der Waals surface area contributed by atoms with E-state index in [0.717, 1.165) is 22.4 Å². The first kappa shape index (κ1) is 21.3. The van der Waals surface area contributed by atoms with E-state index in [2.05, 4.69) is 15.5 Å². The minimum atomic E-state index is -0.0653. The lowest BCUT2D eigenvalue weighted by atomic mass is 10.1. The highest BCUT2D eigenvalue weighted by atomic mass is 16.5. The van der Waals surface area contributed by atoms with Crippen molar-refractivity contribution < 1.29 is 13.9 Å². The number of rotatable bonds is 9. The van der Waals surface area contributed by atoms with Crippen LogP contribution in [0.5, 0.6) is 5.75 Å². The summed E-state index contributed by atoms with van der Waals surface area (Å²) in [5, 5.41) is 11.0. The second-order valence-electron chi connectivity index (χ2n) is 7.56. The van der Waals surface area contributed by atoms with Crippen LogP contribution in [0.25, 0.3) is 11.5 Å². The van der Waals surface area contributed by atoms with Crippen LogP contribution in [0.3, 0.4) is 0 Å². The van der Waals surface area contributed by atoms with E-state index in [1.54, 1.807) is 0 Å². The van der Waals surface area contributed by atoms with Gasteiger partial charge in [-0.3, -0.25) is 4.79 Å². The van der Waals surface area contributed by atoms with Crippen molar-refractivity contribution in [3.63, 3.8) is 0 Å². The van der Waals surface area contributed by atoms with Gasteiger partial charge in [-0.15, -0.1) is 10.2 Å². The maximum Gasteiger partial charge on any atom is 0.247 e. The number of aromatic nitrogens is 2. The maximum atomic E-state index is 12.2. The first-order valence-electron chi connectivity index (χ1n) is 10.6. The maximum absolute atomic E-state index is 12.2. The zero-order chi connectivity index (χ0) is 22.2. The summed E-state index contributed by atoms with van der Waals surface area (Å²) in [6, 6.07) is 25.6. The van der Waals surface area contributed by atoms with Crippen molar-refractivity contribution >= 4 is 5.91 Å².